The fourth-order valence-corrected chi connectivity index (χ4v) is 2.97. The van der Waals surface area contributed by atoms with Gasteiger partial charge in [0.15, 0.2) is 0 Å². The van der Waals surface area contributed by atoms with E-state index in [-0.39, 0.29) is 24.3 Å². The van der Waals surface area contributed by atoms with Gasteiger partial charge in [0.05, 0.1) is 17.7 Å². The van der Waals surface area contributed by atoms with E-state index in [9.17, 15) is 14.4 Å². The monoisotopic (exact) mass is 325 g/mol. The van der Waals surface area contributed by atoms with Gasteiger partial charge in [0.25, 0.3) is 11.8 Å². The molecule has 1 aromatic carbocycles. The Morgan fingerprint density at radius 2 is 1.67 bits per heavy atom. The molecule has 1 N–H and O–H groups in total. The minimum atomic E-state index is -0.261. The van der Waals surface area contributed by atoms with Gasteiger partial charge in [-0.1, -0.05) is 12.1 Å². The summed E-state index contributed by atoms with van der Waals surface area (Å²) in [6.45, 7) is 4.75. The summed E-state index contributed by atoms with van der Waals surface area (Å²) in [6.07, 6.45) is 0. The summed E-state index contributed by atoms with van der Waals surface area (Å²) in [5.74, 6) is -0.604. The third-order valence-electron chi connectivity index (χ3n) is 4.20. The minimum absolute atomic E-state index is 0.0818. The van der Waals surface area contributed by atoms with Crippen LogP contribution in [0.3, 0.4) is 0 Å². The molecular formula is C18H19N3O3. The van der Waals surface area contributed by atoms with Gasteiger partial charge in [0.2, 0.25) is 5.91 Å². The third-order valence-corrected chi connectivity index (χ3v) is 4.20. The maximum absolute atomic E-state index is 12.5. The van der Waals surface area contributed by atoms with Crippen molar-refractivity contribution in [3.8, 4) is 0 Å². The van der Waals surface area contributed by atoms with Crippen LogP contribution in [-0.2, 0) is 17.9 Å². The normalized spacial score (nSPS) is 13.3. The van der Waals surface area contributed by atoms with Gasteiger partial charge in [-0.3, -0.25) is 19.3 Å². The van der Waals surface area contributed by atoms with Crippen molar-refractivity contribution in [3.05, 3.63) is 58.9 Å². The lowest BCUT2D eigenvalue weighted by molar-refractivity contribution is -0.118. The molecule has 0 fully saturated rings. The number of nitrogens with one attached hydrogen (secondary N) is 1. The number of amides is 3. The molecule has 0 unspecified atom stereocenters. The van der Waals surface area contributed by atoms with Crippen molar-refractivity contribution in [3.63, 3.8) is 0 Å². The highest BCUT2D eigenvalue weighted by Crippen LogP contribution is 2.24. The minimum Gasteiger partial charge on any atom is -0.355 e. The highest BCUT2D eigenvalue weighted by Gasteiger charge is 2.35. The van der Waals surface area contributed by atoms with Crippen LogP contribution in [0.1, 0.15) is 39.0 Å². The molecule has 0 bridgehead atoms. The van der Waals surface area contributed by atoms with Crippen molar-refractivity contribution in [2.75, 3.05) is 6.54 Å². The number of hydrogen-bond donors (Lipinski definition) is 1. The van der Waals surface area contributed by atoms with Crippen molar-refractivity contribution < 1.29 is 14.4 Å². The van der Waals surface area contributed by atoms with Crippen molar-refractivity contribution in [1.29, 1.82) is 0 Å². The van der Waals surface area contributed by atoms with Crippen LogP contribution in [0, 0.1) is 6.92 Å². The molecular weight excluding hydrogens is 306 g/mol. The fraction of sp³-hybridized carbons (Fsp3) is 0.278. The lowest BCUT2D eigenvalue weighted by Gasteiger charge is -2.17. The smallest absolute Gasteiger partial charge is 0.261 e. The summed E-state index contributed by atoms with van der Waals surface area (Å²) in [6, 6.07) is 10.7. The van der Waals surface area contributed by atoms with Gasteiger partial charge in [-0.25, -0.2) is 0 Å². The zero-order valence-corrected chi connectivity index (χ0v) is 13.7. The van der Waals surface area contributed by atoms with Gasteiger partial charge in [-0.05, 0) is 31.2 Å². The van der Waals surface area contributed by atoms with Crippen LogP contribution in [-0.4, -0.2) is 33.7 Å². The SMILES string of the molecule is CC(=O)NCCn1c(C)ccc1CN1C(=O)c2ccccc2C1=O. The number of fused-ring (bicyclic) bond motifs is 1. The van der Waals surface area contributed by atoms with Gasteiger partial charge in [-0.15, -0.1) is 0 Å². The van der Waals surface area contributed by atoms with Crippen LogP contribution in [0.15, 0.2) is 36.4 Å². The molecule has 1 aliphatic heterocycles. The Kier molecular flexibility index (Phi) is 4.20. The molecule has 24 heavy (non-hydrogen) atoms. The molecule has 2 heterocycles. The van der Waals surface area contributed by atoms with E-state index in [1.54, 1.807) is 24.3 Å². The number of carbonyl (C=O) groups excluding carboxylic acids is 3. The van der Waals surface area contributed by atoms with Crippen LogP contribution in [0.25, 0.3) is 0 Å². The highest BCUT2D eigenvalue weighted by molar-refractivity contribution is 6.21. The number of aromatic nitrogens is 1. The summed E-state index contributed by atoms with van der Waals surface area (Å²) in [7, 11) is 0. The molecule has 124 valence electrons. The number of hydrogen-bond acceptors (Lipinski definition) is 3. The van der Waals surface area contributed by atoms with Crippen molar-refractivity contribution in [2.45, 2.75) is 26.9 Å². The molecule has 0 saturated carbocycles. The topological polar surface area (TPSA) is 71.4 Å². The van der Waals surface area contributed by atoms with E-state index in [1.807, 2.05) is 23.6 Å². The number of benzene rings is 1. The van der Waals surface area contributed by atoms with Gasteiger partial charge in [-0.2, -0.15) is 0 Å². The van der Waals surface area contributed by atoms with E-state index in [4.69, 9.17) is 0 Å². The number of rotatable bonds is 5. The molecule has 3 rings (SSSR count). The lowest BCUT2D eigenvalue weighted by atomic mass is 10.1. The highest BCUT2D eigenvalue weighted by atomic mass is 16.2. The molecule has 3 amide bonds. The number of carbonyl (C=O) groups is 3. The van der Waals surface area contributed by atoms with Crippen molar-refractivity contribution >= 4 is 17.7 Å². The Morgan fingerprint density at radius 1 is 1.04 bits per heavy atom. The van der Waals surface area contributed by atoms with Crippen LogP contribution < -0.4 is 5.32 Å². The number of imide groups is 1. The quantitative estimate of drug-likeness (QED) is 0.851. The Bertz CT molecular complexity index is 788. The zero-order chi connectivity index (χ0) is 17.3. The van der Waals surface area contributed by atoms with E-state index in [0.717, 1.165) is 11.4 Å². The van der Waals surface area contributed by atoms with Crippen LogP contribution in [0.2, 0.25) is 0 Å². The Morgan fingerprint density at radius 3 is 2.25 bits per heavy atom. The van der Waals surface area contributed by atoms with Crippen molar-refractivity contribution in [1.82, 2.24) is 14.8 Å². The Balaban J connectivity index is 1.79. The van der Waals surface area contributed by atoms with E-state index >= 15 is 0 Å². The molecule has 1 aliphatic rings. The molecule has 0 saturated heterocycles. The van der Waals surface area contributed by atoms with Gasteiger partial charge in [0.1, 0.15) is 0 Å². The first kappa shape index (κ1) is 16.0. The van der Waals surface area contributed by atoms with E-state index < -0.39 is 0 Å². The Labute approximate surface area is 140 Å². The second kappa shape index (κ2) is 6.31. The molecule has 0 atom stereocenters. The first-order valence-corrected chi connectivity index (χ1v) is 7.83. The third kappa shape index (κ3) is 2.82. The van der Waals surface area contributed by atoms with Crippen LogP contribution in [0.4, 0.5) is 0 Å². The predicted octanol–water partition coefficient (Wildman–Crippen LogP) is 1.73. The Hall–Kier alpha value is -2.89. The predicted molar refractivity (Wildman–Crippen MR) is 88.5 cm³/mol. The van der Waals surface area contributed by atoms with E-state index in [1.165, 1.54) is 11.8 Å². The fourth-order valence-electron chi connectivity index (χ4n) is 2.97. The van der Waals surface area contributed by atoms with Crippen LogP contribution in [0.5, 0.6) is 0 Å². The van der Waals surface area contributed by atoms with E-state index in [0.29, 0.717) is 24.2 Å². The summed E-state index contributed by atoms with van der Waals surface area (Å²) < 4.78 is 2.01. The van der Waals surface area contributed by atoms with Crippen LogP contribution >= 0.6 is 0 Å². The first-order valence-electron chi connectivity index (χ1n) is 7.83. The maximum atomic E-state index is 12.5. The summed E-state index contributed by atoms with van der Waals surface area (Å²) in [5.41, 5.74) is 2.80. The zero-order valence-electron chi connectivity index (χ0n) is 13.7. The summed E-state index contributed by atoms with van der Waals surface area (Å²) in [5, 5.41) is 2.76. The molecule has 2 aromatic rings. The lowest BCUT2D eigenvalue weighted by Crippen LogP contribution is -2.31. The number of nitrogens with zero attached hydrogens (tertiary/aromatic N) is 2. The average molecular weight is 325 g/mol. The average Bonchev–Trinajstić information content (AvgIpc) is 3.02. The van der Waals surface area contributed by atoms with Gasteiger partial charge in [0, 0.05) is 31.4 Å². The molecule has 0 radical (unpaired) electrons. The second-order valence-corrected chi connectivity index (χ2v) is 5.84. The van der Waals surface area contributed by atoms with Crippen molar-refractivity contribution in [2.24, 2.45) is 0 Å². The molecule has 6 heteroatoms. The largest absolute Gasteiger partial charge is 0.355 e. The molecule has 0 spiro atoms. The molecule has 0 aliphatic carbocycles. The summed E-state index contributed by atoms with van der Waals surface area (Å²) >= 11 is 0. The first-order chi connectivity index (χ1) is 11.5. The van der Waals surface area contributed by atoms with Gasteiger partial charge >= 0.3 is 0 Å². The summed E-state index contributed by atoms with van der Waals surface area (Å²) in [4.78, 5) is 37.2. The maximum Gasteiger partial charge on any atom is 0.261 e. The molecule has 6 nitrogen and oxygen atoms in total. The molecule has 1 aromatic heterocycles. The number of aryl methyl sites for hydroxylation is 1. The van der Waals surface area contributed by atoms with Gasteiger partial charge < -0.3 is 9.88 Å². The standard InChI is InChI=1S/C18H19N3O3/c1-12-7-8-14(20(12)10-9-19-13(2)22)11-21-17(23)15-5-3-4-6-16(15)18(21)24/h3-8H,9-11H2,1-2H3,(H,19,22). The second-order valence-electron chi connectivity index (χ2n) is 5.84. The van der Waals surface area contributed by atoms with E-state index in [2.05, 4.69) is 5.32 Å².